The van der Waals surface area contributed by atoms with E-state index in [9.17, 15) is 60.3 Å². The van der Waals surface area contributed by atoms with Gasteiger partial charge in [0.1, 0.15) is 36.6 Å². The highest BCUT2D eigenvalue weighted by Crippen LogP contribution is 2.60. The Morgan fingerprint density at radius 2 is 1.31 bits per heavy atom. The summed E-state index contributed by atoms with van der Waals surface area (Å²) in [6.45, 7) is 4.33. The minimum atomic E-state index is -3.55. The smallest absolute Gasteiger partial charge is 0.264 e. The standard InChI is InChI=1S/C35H46FN3O15Si/c1-14-29(55(2,3)36)20(10-11-40)54-35(14)18-12-17(38-31(48)28-24(44)22(42)26(46)33(50)53-28)8-9-19(18)39(34(35)51)13-15-4-6-16(7-5-15)37-30(47)27-23(43)21(41)25(45)32(49)52-27/h4-9,12,14,20-29,32-33,40-46,49-50H,10-11,13H2,1-3H3,(H,37,47)(H,38,48)/t14-,20+,21-,22-,23-,24-,25+,26+,27-,28-,29-,32+,33+,35+/m0/s1. The van der Waals surface area contributed by atoms with Crippen LogP contribution in [0.2, 0.25) is 18.6 Å². The first kappa shape index (κ1) is 41.2. The lowest BCUT2D eigenvalue weighted by Gasteiger charge is -2.37. The maximum atomic E-state index is 16.0. The number of ether oxygens (including phenoxy) is 3. The third kappa shape index (κ3) is 7.31. The Morgan fingerprint density at radius 3 is 1.82 bits per heavy atom. The van der Waals surface area contributed by atoms with Gasteiger partial charge in [0.05, 0.1) is 18.3 Å². The number of aliphatic hydroxyl groups is 9. The van der Waals surface area contributed by atoms with E-state index >= 15 is 4.11 Å². The summed E-state index contributed by atoms with van der Waals surface area (Å²) < 4.78 is 32.6. The Hall–Kier alpha value is -3.48. The normalized spacial score (nSPS) is 37.6. The zero-order valence-electron chi connectivity index (χ0n) is 30.0. The molecule has 0 aliphatic carbocycles. The molecule has 14 atom stereocenters. The highest BCUT2D eigenvalue weighted by molar-refractivity contribution is 6.72. The van der Waals surface area contributed by atoms with E-state index in [0.717, 1.165) is 0 Å². The predicted octanol–water partition coefficient (Wildman–Crippen LogP) is -2.13. The van der Waals surface area contributed by atoms with Crippen LogP contribution < -0.4 is 15.5 Å². The van der Waals surface area contributed by atoms with Gasteiger partial charge in [-0.1, -0.05) is 19.1 Å². The topological polar surface area (TPSA) is 288 Å². The molecular weight excluding hydrogens is 749 g/mol. The van der Waals surface area contributed by atoms with Gasteiger partial charge in [0.25, 0.3) is 17.7 Å². The maximum Gasteiger partial charge on any atom is 0.264 e. The van der Waals surface area contributed by atoms with Crippen molar-refractivity contribution in [2.45, 2.75) is 112 Å². The number of nitrogens with one attached hydrogen (secondary N) is 2. The van der Waals surface area contributed by atoms with Crippen LogP contribution in [0.1, 0.15) is 24.5 Å². The number of carbonyl (C=O) groups excluding carboxylic acids is 3. The van der Waals surface area contributed by atoms with Crippen molar-refractivity contribution < 1.29 is 78.7 Å². The van der Waals surface area contributed by atoms with E-state index in [0.29, 0.717) is 11.3 Å². The van der Waals surface area contributed by atoms with Gasteiger partial charge in [-0.3, -0.25) is 14.4 Å². The van der Waals surface area contributed by atoms with Crippen LogP contribution >= 0.6 is 0 Å². The molecule has 0 radical (unpaired) electrons. The Bertz CT molecular complexity index is 1770. The van der Waals surface area contributed by atoms with Crippen molar-refractivity contribution >= 4 is 43.2 Å². The summed E-state index contributed by atoms with van der Waals surface area (Å²) in [7, 11) is -3.55. The zero-order chi connectivity index (χ0) is 40.3. The average molecular weight is 796 g/mol. The van der Waals surface area contributed by atoms with Crippen LogP contribution in [0.25, 0.3) is 0 Å². The fraction of sp³-hybridized carbons (Fsp3) is 0.571. The monoisotopic (exact) mass is 795 g/mol. The summed E-state index contributed by atoms with van der Waals surface area (Å²) in [5.74, 6) is -3.18. The molecule has 11 N–H and O–H groups in total. The minimum absolute atomic E-state index is 0.0453. The molecule has 2 aromatic rings. The van der Waals surface area contributed by atoms with Crippen molar-refractivity contribution in [2.24, 2.45) is 5.92 Å². The van der Waals surface area contributed by atoms with E-state index in [2.05, 4.69) is 10.6 Å². The zero-order valence-corrected chi connectivity index (χ0v) is 31.0. The van der Waals surface area contributed by atoms with Crippen LogP contribution in [0.3, 0.4) is 0 Å². The number of hydrogen-bond acceptors (Lipinski definition) is 15. The average Bonchev–Trinajstić information content (AvgIpc) is 3.56. The molecule has 4 aliphatic heterocycles. The molecule has 4 aliphatic rings. The lowest BCUT2D eigenvalue weighted by molar-refractivity contribution is -0.274. The van der Waals surface area contributed by atoms with Crippen molar-refractivity contribution in [3.63, 3.8) is 0 Å². The van der Waals surface area contributed by atoms with Gasteiger partial charge in [-0.15, -0.1) is 0 Å². The van der Waals surface area contributed by atoms with Crippen LogP contribution in [0, 0.1) is 5.92 Å². The minimum Gasteiger partial charge on any atom is -0.396 e. The molecule has 3 fully saturated rings. The molecule has 2 aromatic carbocycles. The second-order valence-electron chi connectivity index (χ2n) is 14.9. The molecule has 0 unspecified atom stereocenters. The number of rotatable bonds is 9. The van der Waals surface area contributed by atoms with E-state index in [1.165, 1.54) is 48.3 Å². The number of hydrogen-bond donors (Lipinski definition) is 11. The summed E-state index contributed by atoms with van der Waals surface area (Å²) in [6.07, 6.45) is -19.3. The largest absolute Gasteiger partial charge is 0.396 e. The van der Waals surface area contributed by atoms with Crippen LogP contribution in [0.15, 0.2) is 42.5 Å². The second kappa shape index (κ2) is 15.5. The molecule has 0 aromatic heterocycles. The number of fused-ring (bicyclic) bond motifs is 2. The summed E-state index contributed by atoms with van der Waals surface area (Å²) in [6, 6.07) is 10.6. The first-order valence-corrected chi connectivity index (χ1v) is 20.7. The summed E-state index contributed by atoms with van der Waals surface area (Å²) in [5.41, 5.74) is -0.951. The molecule has 0 bridgehead atoms. The Balaban J connectivity index is 1.28. The molecule has 4 heterocycles. The van der Waals surface area contributed by atoms with Crippen LogP contribution in [-0.4, -0.2) is 146 Å². The number of aliphatic hydroxyl groups excluding tert-OH is 9. The molecule has 18 nitrogen and oxygen atoms in total. The lowest BCUT2D eigenvalue weighted by Crippen LogP contribution is -2.60. The first-order valence-electron chi connectivity index (χ1n) is 17.7. The highest BCUT2D eigenvalue weighted by Gasteiger charge is 2.66. The Labute approximate surface area is 314 Å². The fourth-order valence-electron chi connectivity index (χ4n) is 8.14. The van der Waals surface area contributed by atoms with Crippen molar-refractivity contribution in [1.29, 1.82) is 0 Å². The summed E-state index contributed by atoms with van der Waals surface area (Å²) in [4.78, 5) is 42.2. The maximum absolute atomic E-state index is 16.0. The quantitative estimate of drug-likeness (QED) is 0.0955. The Kier molecular flexibility index (Phi) is 11.6. The van der Waals surface area contributed by atoms with Gasteiger partial charge in [0.2, 0.25) is 8.41 Å². The third-order valence-corrected chi connectivity index (χ3v) is 13.4. The van der Waals surface area contributed by atoms with E-state index in [1.807, 2.05) is 0 Å². The van der Waals surface area contributed by atoms with Gasteiger partial charge in [0.15, 0.2) is 30.4 Å². The van der Waals surface area contributed by atoms with Crippen LogP contribution in [0.5, 0.6) is 0 Å². The number of halogens is 1. The van der Waals surface area contributed by atoms with Crippen molar-refractivity contribution in [3.8, 4) is 0 Å². The third-order valence-electron chi connectivity index (χ3n) is 10.9. The molecule has 3 amide bonds. The molecule has 20 heteroatoms. The van der Waals surface area contributed by atoms with Gasteiger partial charge >= 0.3 is 0 Å². The van der Waals surface area contributed by atoms with E-state index in [-0.39, 0.29) is 36.5 Å². The molecule has 1 spiro atoms. The fourth-order valence-corrected chi connectivity index (χ4v) is 10.7. The SMILES string of the molecule is C[C@H]1[C@H]([Si](C)(C)F)[C@@H](CCO)O[C@]12C(=O)N(Cc1ccc(NC(=O)[C@H]3O[C@@H](O)[C@H](O)[C@@H](O)[C@@H]3O)cc1)c1ccc(NC(=O)[C@H]3O[C@@H](O)[C@H](O)[C@@H](O)[C@@H]3O)cc12. The van der Waals surface area contributed by atoms with Gasteiger partial charge in [-0.2, -0.15) is 0 Å². The highest BCUT2D eigenvalue weighted by atomic mass is 28.4. The molecular formula is C35H46FN3O15Si. The number of carbonyl (C=O) groups is 3. The van der Waals surface area contributed by atoms with Gasteiger partial charge < -0.3 is 79.8 Å². The van der Waals surface area contributed by atoms with Gasteiger partial charge in [-0.25, -0.2) is 0 Å². The van der Waals surface area contributed by atoms with E-state index in [4.69, 9.17) is 14.2 Å². The lowest BCUT2D eigenvalue weighted by atomic mass is 9.82. The van der Waals surface area contributed by atoms with Crippen molar-refractivity contribution in [2.75, 3.05) is 22.1 Å². The number of nitrogens with zero attached hydrogens (tertiary/aromatic N) is 1. The van der Waals surface area contributed by atoms with Gasteiger partial charge in [0, 0.05) is 35.0 Å². The molecule has 302 valence electrons. The number of anilines is 3. The number of amides is 3. The number of benzene rings is 2. The van der Waals surface area contributed by atoms with E-state index < -0.39 is 111 Å². The first-order chi connectivity index (χ1) is 25.8. The van der Waals surface area contributed by atoms with Gasteiger partial charge in [-0.05, 0) is 55.4 Å². The predicted molar refractivity (Wildman–Crippen MR) is 189 cm³/mol. The molecule has 0 saturated carbocycles. The van der Waals surface area contributed by atoms with Crippen LogP contribution in [0.4, 0.5) is 21.2 Å². The molecule has 6 rings (SSSR count). The van der Waals surface area contributed by atoms with E-state index in [1.54, 1.807) is 19.1 Å². The summed E-state index contributed by atoms with van der Waals surface area (Å²) in [5, 5.41) is 94.8. The Morgan fingerprint density at radius 1 is 0.800 bits per heavy atom. The van der Waals surface area contributed by atoms with Crippen LogP contribution in [-0.2, 0) is 40.7 Å². The summed E-state index contributed by atoms with van der Waals surface area (Å²) >= 11 is 0. The molecule has 55 heavy (non-hydrogen) atoms. The van der Waals surface area contributed by atoms with Crippen molar-refractivity contribution in [3.05, 3.63) is 53.6 Å². The van der Waals surface area contributed by atoms with Crippen molar-refractivity contribution in [1.82, 2.24) is 0 Å². The molecule has 3 saturated heterocycles. The second-order valence-corrected chi connectivity index (χ2v) is 18.7.